The Morgan fingerprint density at radius 3 is 2.58 bits per heavy atom. The van der Waals surface area contributed by atoms with Crippen LogP contribution < -0.4 is 5.32 Å². The quantitative estimate of drug-likeness (QED) is 0.849. The molecule has 0 aliphatic heterocycles. The first kappa shape index (κ1) is 18.3. The Morgan fingerprint density at radius 2 is 2.08 bits per heavy atom. The first-order chi connectivity index (χ1) is 11.1. The number of nitrogens with one attached hydrogen (secondary N) is 1. The van der Waals surface area contributed by atoms with E-state index in [1.54, 1.807) is 19.1 Å². The third-order valence-electron chi connectivity index (χ3n) is 4.49. The fraction of sp³-hybridized carbons (Fsp3) is 0.556. The zero-order valence-electron chi connectivity index (χ0n) is 15.3. The zero-order chi connectivity index (χ0) is 18.1. The van der Waals surface area contributed by atoms with Crippen molar-refractivity contribution < 1.29 is 14.3 Å². The molecule has 2 rings (SSSR count). The van der Waals surface area contributed by atoms with Crippen LogP contribution in [0.4, 0.5) is 0 Å². The fourth-order valence-corrected chi connectivity index (χ4v) is 2.76. The first-order valence-corrected chi connectivity index (χ1v) is 8.18. The van der Waals surface area contributed by atoms with Crippen molar-refractivity contribution in [3.8, 4) is 0 Å². The minimum atomic E-state index is -1.23. The maximum atomic E-state index is 12.4. The SMILES string of the molecule is Cc1ccc(C(C)(O)CNC(=O)C(C)Cc2c(C)nn(C)c2C)o1. The number of amides is 1. The summed E-state index contributed by atoms with van der Waals surface area (Å²) in [5, 5.41) is 17.7. The van der Waals surface area contributed by atoms with E-state index in [0.717, 1.165) is 22.7 Å². The van der Waals surface area contributed by atoms with E-state index in [1.807, 2.05) is 39.4 Å². The lowest BCUT2D eigenvalue weighted by Crippen LogP contribution is -2.41. The summed E-state index contributed by atoms with van der Waals surface area (Å²) in [7, 11) is 1.90. The molecule has 1 amide bonds. The zero-order valence-corrected chi connectivity index (χ0v) is 15.3. The van der Waals surface area contributed by atoms with Gasteiger partial charge in [-0.25, -0.2) is 0 Å². The molecule has 0 saturated heterocycles. The van der Waals surface area contributed by atoms with Crippen LogP contribution in [0.1, 0.15) is 42.3 Å². The van der Waals surface area contributed by atoms with Crippen LogP contribution in [0.15, 0.2) is 16.5 Å². The van der Waals surface area contributed by atoms with Crippen molar-refractivity contribution in [1.82, 2.24) is 15.1 Å². The summed E-state index contributed by atoms with van der Waals surface area (Å²) in [6.07, 6.45) is 0.624. The fourth-order valence-electron chi connectivity index (χ4n) is 2.76. The lowest BCUT2D eigenvalue weighted by Gasteiger charge is -2.22. The predicted octanol–water partition coefficient (Wildman–Crippen LogP) is 2.14. The number of furan rings is 1. The largest absolute Gasteiger partial charge is 0.463 e. The summed E-state index contributed by atoms with van der Waals surface area (Å²) in [5.74, 6) is 0.876. The van der Waals surface area contributed by atoms with E-state index in [1.165, 1.54) is 0 Å². The molecular weight excluding hydrogens is 306 g/mol. The first-order valence-electron chi connectivity index (χ1n) is 8.18. The minimum absolute atomic E-state index is 0.0961. The van der Waals surface area contributed by atoms with Crippen LogP contribution in [0.5, 0.6) is 0 Å². The lowest BCUT2D eigenvalue weighted by molar-refractivity contribution is -0.125. The number of nitrogens with zero attached hydrogens (tertiary/aromatic N) is 2. The van der Waals surface area contributed by atoms with Crippen LogP contribution >= 0.6 is 0 Å². The van der Waals surface area contributed by atoms with Crippen LogP contribution in [-0.2, 0) is 23.9 Å². The molecule has 2 N–H and O–H groups in total. The molecule has 0 fully saturated rings. The number of aryl methyl sites for hydroxylation is 3. The number of hydrogen-bond acceptors (Lipinski definition) is 4. The van der Waals surface area contributed by atoms with E-state index in [9.17, 15) is 9.90 Å². The minimum Gasteiger partial charge on any atom is -0.463 e. The molecular formula is C18H27N3O3. The Balaban J connectivity index is 1.96. The highest BCUT2D eigenvalue weighted by molar-refractivity contribution is 5.78. The van der Waals surface area contributed by atoms with Crippen molar-refractivity contribution in [2.75, 3.05) is 6.54 Å². The molecule has 0 aromatic carbocycles. The standard InChI is InChI=1S/C18H27N3O3/c1-11(9-15-13(3)20-21(6)14(15)4)17(22)19-10-18(5,23)16-8-7-12(2)24-16/h7-8,11,23H,9-10H2,1-6H3,(H,19,22). The molecule has 2 aromatic heterocycles. The van der Waals surface area contributed by atoms with Gasteiger partial charge in [-0.3, -0.25) is 9.48 Å². The molecule has 24 heavy (non-hydrogen) atoms. The van der Waals surface area contributed by atoms with Gasteiger partial charge in [-0.15, -0.1) is 0 Å². The van der Waals surface area contributed by atoms with Crippen molar-refractivity contribution in [3.63, 3.8) is 0 Å². The van der Waals surface area contributed by atoms with Crippen LogP contribution in [0.25, 0.3) is 0 Å². The van der Waals surface area contributed by atoms with E-state index in [0.29, 0.717) is 12.2 Å². The van der Waals surface area contributed by atoms with Gasteiger partial charge in [0.2, 0.25) is 5.91 Å². The average molecular weight is 333 g/mol. The maximum absolute atomic E-state index is 12.4. The second-order valence-corrected chi connectivity index (χ2v) is 6.78. The van der Waals surface area contributed by atoms with E-state index >= 15 is 0 Å². The maximum Gasteiger partial charge on any atom is 0.223 e. The molecule has 2 unspecified atom stereocenters. The monoisotopic (exact) mass is 333 g/mol. The van der Waals surface area contributed by atoms with Gasteiger partial charge in [-0.2, -0.15) is 5.10 Å². The van der Waals surface area contributed by atoms with Crippen molar-refractivity contribution in [1.29, 1.82) is 0 Å². The van der Waals surface area contributed by atoms with E-state index in [-0.39, 0.29) is 18.4 Å². The van der Waals surface area contributed by atoms with Crippen LogP contribution in [0.3, 0.4) is 0 Å². The third-order valence-corrected chi connectivity index (χ3v) is 4.49. The summed E-state index contributed by atoms with van der Waals surface area (Å²) in [5.41, 5.74) is 1.90. The number of aliphatic hydroxyl groups is 1. The Labute approximate surface area is 142 Å². The summed E-state index contributed by atoms with van der Waals surface area (Å²) >= 11 is 0. The van der Waals surface area contributed by atoms with Gasteiger partial charge >= 0.3 is 0 Å². The van der Waals surface area contributed by atoms with E-state index in [4.69, 9.17) is 4.42 Å². The number of rotatable bonds is 6. The summed E-state index contributed by atoms with van der Waals surface area (Å²) in [6.45, 7) is 9.40. The van der Waals surface area contributed by atoms with Crippen molar-refractivity contribution in [3.05, 3.63) is 40.6 Å². The predicted molar refractivity (Wildman–Crippen MR) is 91.6 cm³/mol. The smallest absolute Gasteiger partial charge is 0.223 e. The van der Waals surface area contributed by atoms with Gasteiger partial charge in [-0.1, -0.05) is 6.92 Å². The lowest BCUT2D eigenvalue weighted by atomic mass is 9.98. The van der Waals surface area contributed by atoms with E-state index < -0.39 is 5.60 Å². The van der Waals surface area contributed by atoms with Gasteiger partial charge in [0.15, 0.2) is 0 Å². The van der Waals surface area contributed by atoms with Gasteiger partial charge in [0.05, 0.1) is 12.2 Å². The van der Waals surface area contributed by atoms with Crippen LogP contribution in [0, 0.1) is 26.7 Å². The second-order valence-electron chi connectivity index (χ2n) is 6.78. The Kier molecular flexibility index (Phi) is 5.18. The molecule has 132 valence electrons. The summed E-state index contributed by atoms with van der Waals surface area (Å²) < 4.78 is 7.29. The number of aromatic nitrogens is 2. The second kappa shape index (κ2) is 6.81. The number of carbonyl (C=O) groups is 1. The highest BCUT2D eigenvalue weighted by Gasteiger charge is 2.28. The van der Waals surface area contributed by atoms with Gasteiger partial charge in [0.25, 0.3) is 0 Å². The van der Waals surface area contributed by atoms with E-state index in [2.05, 4.69) is 10.4 Å². The van der Waals surface area contributed by atoms with Gasteiger partial charge in [-0.05, 0) is 51.8 Å². The molecule has 0 bridgehead atoms. The van der Waals surface area contributed by atoms with Gasteiger partial charge in [0, 0.05) is 18.7 Å². The Morgan fingerprint density at radius 1 is 1.42 bits per heavy atom. The summed E-state index contributed by atoms with van der Waals surface area (Å²) in [4.78, 5) is 12.4. The highest BCUT2D eigenvalue weighted by Crippen LogP contribution is 2.22. The van der Waals surface area contributed by atoms with Crippen molar-refractivity contribution in [2.24, 2.45) is 13.0 Å². The van der Waals surface area contributed by atoms with Gasteiger partial charge in [0.1, 0.15) is 17.1 Å². The van der Waals surface area contributed by atoms with Crippen molar-refractivity contribution in [2.45, 2.75) is 46.6 Å². The molecule has 0 radical (unpaired) electrons. The van der Waals surface area contributed by atoms with Gasteiger partial charge < -0.3 is 14.8 Å². The highest BCUT2D eigenvalue weighted by atomic mass is 16.4. The molecule has 0 aliphatic carbocycles. The molecule has 0 aliphatic rings. The normalized spacial score (nSPS) is 15.1. The van der Waals surface area contributed by atoms with Crippen molar-refractivity contribution >= 4 is 5.91 Å². The molecule has 6 nitrogen and oxygen atoms in total. The number of carbonyl (C=O) groups excluding carboxylic acids is 1. The van der Waals surface area contributed by atoms with Crippen LogP contribution in [0.2, 0.25) is 0 Å². The topological polar surface area (TPSA) is 80.3 Å². The van der Waals surface area contributed by atoms with Crippen LogP contribution in [-0.4, -0.2) is 27.3 Å². The third kappa shape index (κ3) is 3.87. The molecule has 2 atom stereocenters. The molecule has 0 spiro atoms. The molecule has 0 saturated carbocycles. The Hall–Kier alpha value is -2.08. The average Bonchev–Trinajstić information content (AvgIpc) is 3.04. The summed E-state index contributed by atoms with van der Waals surface area (Å²) in [6, 6.07) is 3.52. The molecule has 6 heteroatoms. The molecule has 2 heterocycles. The molecule has 2 aromatic rings. The Bertz CT molecular complexity index is 728. The number of hydrogen-bond donors (Lipinski definition) is 2.